The van der Waals surface area contributed by atoms with Crippen LogP contribution in [0.2, 0.25) is 0 Å². The molecule has 0 atom stereocenters. The van der Waals surface area contributed by atoms with E-state index < -0.39 is 0 Å². The van der Waals surface area contributed by atoms with E-state index in [-0.39, 0.29) is 0 Å². The lowest BCUT2D eigenvalue weighted by molar-refractivity contribution is 0.467. The molecule has 2 saturated carbocycles. The van der Waals surface area contributed by atoms with E-state index in [0.717, 1.165) is 27.6 Å². The Morgan fingerprint density at radius 1 is 1.39 bits per heavy atom. The quantitative estimate of drug-likeness (QED) is 0.885. The van der Waals surface area contributed by atoms with Crippen molar-refractivity contribution in [3.63, 3.8) is 0 Å². The number of nitrogens with zero attached hydrogens (tertiary/aromatic N) is 1. The molecule has 0 saturated heterocycles. The topological polar surface area (TPSA) is 24.9 Å². The van der Waals surface area contributed by atoms with Crippen LogP contribution in [-0.2, 0) is 0 Å². The average molecular weight is 323 g/mol. The molecule has 2 aliphatic rings. The predicted octanol–water partition coefficient (Wildman–Crippen LogP) is 4.66. The number of aromatic nitrogens is 1. The first kappa shape index (κ1) is 11.2. The Bertz CT molecular complexity index is 599. The molecule has 0 amide bonds. The van der Waals surface area contributed by atoms with Gasteiger partial charge in [-0.05, 0) is 55.2 Å². The minimum absolute atomic E-state index is 0.637. The van der Waals surface area contributed by atoms with E-state index in [2.05, 4.69) is 44.4 Å². The van der Waals surface area contributed by atoms with E-state index in [1.165, 1.54) is 30.4 Å². The molecular formula is C14H15BrN2S. The fourth-order valence-corrected chi connectivity index (χ4v) is 4.22. The summed E-state index contributed by atoms with van der Waals surface area (Å²) in [6.45, 7) is 1.12. The second-order valence-electron chi connectivity index (χ2n) is 5.62. The van der Waals surface area contributed by atoms with Crippen LogP contribution in [0.25, 0.3) is 10.2 Å². The van der Waals surface area contributed by atoms with Crippen molar-refractivity contribution in [3.05, 3.63) is 22.7 Å². The van der Waals surface area contributed by atoms with Crippen LogP contribution in [-0.4, -0.2) is 11.5 Å². The van der Waals surface area contributed by atoms with Crippen molar-refractivity contribution in [3.8, 4) is 0 Å². The van der Waals surface area contributed by atoms with Crippen LogP contribution in [0.3, 0.4) is 0 Å². The van der Waals surface area contributed by atoms with Gasteiger partial charge >= 0.3 is 0 Å². The van der Waals surface area contributed by atoms with Crippen LogP contribution >= 0.6 is 27.3 Å². The van der Waals surface area contributed by atoms with Crippen LogP contribution in [0.4, 0.5) is 5.13 Å². The molecule has 2 aliphatic carbocycles. The maximum Gasteiger partial charge on any atom is 0.183 e. The highest BCUT2D eigenvalue weighted by Crippen LogP contribution is 2.61. The Labute approximate surface area is 119 Å². The molecule has 1 aromatic heterocycles. The third kappa shape index (κ3) is 1.95. The van der Waals surface area contributed by atoms with Crippen molar-refractivity contribution < 1.29 is 0 Å². The molecule has 2 fully saturated rings. The lowest BCUT2D eigenvalue weighted by Crippen LogP contribution is -2.17. The third-order valence-electron chi connectivity index (χ3n) is 4.28. The van der Waals surface area contributed by atoms with Gasteiger partial charge in [0.2, 0.25) is 0 Å². The molecule has 0 radical (unpaired) electrons. The van der Waals surface area contributed by atoms with Crippen molar-refractivity contribution in [2.45, 2.75) is 25.7 Å². The standard InChI is InChI=1S/C14H15BrN2S/c15-10-3-4-11-12(7-10)18-13(17-11)16-8-14(5-6-14)9-1-2-9/h3-4,7,9H,1-2,5-6,8H2,(H,16,17). The molecule has 1 aromatic carbocycles. The molecule has 94 valence electrons. The zero-order valence-corrected chi connectivity index (χ0v) is 12.5. The van der Waals surface area contributed by atoms with E-state index in [4.69, 9.17) is 0 Å². The number of hydrogen-bond acceptors (Lipinski definition) is 3. The summed E-state index contributed by atoms with van der Waals surface area (Å²) in [5, 5.41) is 4.65. The summed E-state index contributed by atoms with van der Waals surface area (Å²) in [5.41, 5.74) is 1.74. The number of rotatable bonds is 4. The largest absolute Gasteiger partial charge is 0.361 e. The van der Waals surface area contributed by atoms with Gasteiger partial charge in [-0.2, -0.15) is 0 Å². The highest BCUT2D eigenvalue weighted by molar-refractivity contribution is 9.10. The van der Waals surface area contributed by atoms with E-state index >= 15 is 0 Å². The van der Waals surface area contributed by atoms with Gasteiger partial charge in [-0.15, -0.1) is 0 Å². The molecule has 2 nitrogen and oxygen atoms in total. The maximum absolute atomic E-state index is 4.65. The molecule has 18 heavy (non-hydrogen) atoms. The zero-order valence-electron chi connectivity index (χ0n) is 10.1. The van der Waals surface area contributed by atoms with Gasteiger partial charge in [0.1, 0.15) is 0 Å². The average Bonchev–Trinajstić information content (AvgIpc) is 3.22. The Morgan fingerprint density at radius 3 is 2.94 bits per heavy atom. The SMILES string of the molecule is Brc1ccc2nc(NCC3(C4CC4)CC3)sc2c1. The smallest absolute Gasteiger partial charge is 0.183 e. The van der Waals surface area contributed by atoms with Crippen molar-refractivity contribution in [1.82, 2.24) is 4.98 Å². The van der Waals surface area contributed by atoms with Crippen LogP contribution < -0.4 is 5.32 Å². The first-order valence-corrected chi connectivity index (χ1v) is 8.16. The van der Waals surface area contributed by atoms with Gasteiger partial charge in [-0.3, -0.25) is 0 Å². The molecule has 0 spiro atoms. The first-order chi connectivity index (χ1) is 8.75. The fraction of sp³-hybridized carbons (Fsp3) is 0.500. The molecule has 0 bridgehead atoms. The molecule has 4 heteroatoms. The number of anilines is 1. The number of fused-ring (bicyclic) bond motifs is 1. The Kier molecular flexibility index (Phi) is 2.46. The molecule has 0 unspecified atom stereocenters. The summed E-state index contributed by atoms with van der Waals surface area (Å²) in [6, 6.07) is 6.28. The molecular weight excluding hydrogens is 308 g/mol. The van der Waals surface area contributed by atoms with Crippen molar-refractivity contribution in [1.29, 1.82) is 0 Å². The first-order valence-electron chi connectivity index (χ1n) is 6.55. The van der Waals surface area contributed by atoms with Crippen LogP contribution in [0.1, 0.15) is 25.7 Å². The van der Waals surface area contributed by atoms with Gasteiger partial charge in [-0.25, -0.2) is 4.98 Å². The lowest BCUT2D eigenvalue weighted by atomic mass is 10.0. The van der Waals surface area contributed by atoms with Crippen LogP contribution in [0, 0.1) is 11.3 Å². The van der Waals surface area contributed by atoms with Gasteiger partial charge in [0.25, 0.3) is 0 Å². The number of thiazole rings is 1. The second-order valence-corrected chi connectivity index (χ2v) is 7.57. The number of benzene rings is 1. The van der Waals surface area contributed by atoms with E-state index in [0.29, 0.717) is 5.41 Å². The highest BCUT2D eigenvalue weighted by Gasteiger charge is 2.53. The predicted molar refractivity (Wildman–Crippen MR) is 80.2 cm³/mol. The van der Waals surface area contributed by atoms with Gasteiger partial charge in [-0.1, -0.05) is 27.3 Å². The van der Waals surface area contributed by atoms with E-state index in [1.54, 1.807) is 11.3 Å². The van der Waals surface area contributed by atoms with Crippen LogP contribution in [0.15, 0.2) is 22.7 Å². The van der Waals surface area contributed by atoms with Crippen molar-refractivity contribution in [2.24, 2.45) is 11.3 Å². The van der Waals surface area contributed by atoms with Crippen molar-refractivity contribution in [2.75, 3.05) is 11.9 Å². The summed E-state index contributed by atoms with van der Waals surface area (Å²) >= 11 is 5.27. The Hall–Kier alpha value is -0.610. The Morgan fingerprint density at radius 2 is 2.22 bits per heavy atom. The van der Waals surface area contributed by atoms with E-state index in [9.17, 15) is 0 Å². The van der Waals surface area contributed by atoms with Gasteiger partial charge in [0.05, 0.1) is 10.2 Å². The summed E-state index contributed by atoms with van der Waals surface area (Å²) in [5.74, 6) is 1.01. The summed E-state index contributed by atoms with van der Waals surface area (Å²) in [7, 11) is 0. The summed E-state index contributed by atoms with van der Waals surface area (Å²) in [4.78, 5) is 4.65. The van der Waals surface area contributed by atoms with Crippen LogP contribution in [0.5, 0.6) is 0 Å². The normalized spacial score (nSPS) is 21.2. The molecule has 0 aliphatic heterocycles. The molecule has 1 N–H and O–H groups in total. The zero-order chi connectivity index (χ0) is 12.2. The van der Waals surface area contributed by atoms with Crippen molar-refractivity contribution >= 4 is 42.6 Å². The number of halogens is 1. The minimum atomic E-state index is 0.637. The summed E-state index contributed by atoms with van der Waals surface area (Å²) in [6.07, 6.45) is 5.74. The van der Waals surface area contributed by atoms with E-state index in [1.807, 2.05) is 0 Å². The highest BCUT2D eigenvalue weighted by atomic mass is 79.9. The molecule has 4 rings (SSSR count). The van der Waals surface area contributed by atoms with Gasteiger partial charge < -0.3 is 5.32 Å². The second kappa shape index (κ2) is 3.94. The lowest BCUT2D eigenvalue weighted by Gasteiger charge is -2.13. The minimum Gasteiger partial charge on any atom is -0.361 e. The molecule has 2 aromatic rings. The van der Waals surface area contributed by atoms with Gasteiger partial charge in [0, 0.05) is 11.0 Å². The summed E-state index contributed by atoms with van der Waals surface area (Å²) < 4.78 is 2.38. The Balaban J connectivity index is 1.52. The third-order valence-corrected chi connectivity index (χ3v) is 5.75. The fourth-order valence-electron chi connectivity index (χ4n) is 2.81. The maximum atomic E-state index is 4.65. The number of nitrogens with one attached hydrogen (secondary N) is 1. The van der Waals surface area contributed by atoms with Gasteiger partial charge in [0.15, 0.2) is 5.13 Å². The molecule has 1 heterocycles. The number of hydrogen-bond donors (Lipinski definition) is 1. The monoisotopic (exact) mass is 322 g/mol.